The van der Waals surface area contributed by atoms with E-state index in [0.717, 1.165) is 28.8 Å². The van der Waals surface area contributed by atoms with E-state index < -0.39 is 23.5 Å². The molecule has 1 heterocycles. The van der Waals surface area contributed by atoms with Gasteiger partial charge in [0.05, 0.1) is 17.2 Å². The van der Waals surface area contributed by atoms with Crippen LogP contribution < -0.4 is 0 Å². The van der Waals surface area contributed by atoms with Crippen LogP contribution in [-0.4, -0.2) is 16.9 Å². The maximum atomic E-state index is 13.2. The second-order valence-corrected chi connectivity index (χ2v) is 7.43. The fourth-order valence-corrected chi connectivity index (χ4v) is 3.58. The minimum absolute atomic E-state index is 0.0728. The number of hydrogen-bond acceptors (Lipinski definition) is 2. The van der Waals surface area contributed by atoms with Crippen molar-refractivity contribution in [2.45, 2.75) is 31.9 Å². The topological polar surface area (TPSA) is 16.1 Å². The van der Waals surface area contributed by atoms with Gasteiger partial charge in [-0.2, -0.15) is 26.3 Å². The molecule has 0 amide bonds. The molecule has 0 radical (unpaired) electrons. The second-order valence-electron chi connectivity index (χ2n) is 7.43. The van der Waals surface area contributed by atoms with Crippen molar-refractivity contribution in [3.63, 3.8) is 0 Å². The summed E-state index contributed by atoms with van der Waals surface area (Å²) in [6, 6.07) is 12.4. The van der Waals surface area contributed by atoms with Gasteiger partial charge < -0.3 is 0 Å². The van der Waals surface area contributed by atoms with Gasteiger partial charge in [0.15, 0.2) is 0 Å². The molecule has 164 valence electrons. The highest BCUT2D eigenvalue weighted by atomic mass is 19.4. The Bertz CT molecular complexity index is 996. The molecule has 0 fully saturated rings. The Morgan fingerprint density at radius 3 is 1.90 bits per heavy atom. The Hall–Kier alpha value is -2.87. The van der Waals surface area contributed by atoms with Gasteiger partial charge in [-0.3, -0.25) is 9.88 Å². The minimum Gasteiger partial charge on any atom is -0.291 e. The summed E-state index contributed by atoms with van der Waals surface area (Å²) >= 11 is 0. The summed E-state index contributed by atoms with van der Waals surface area (Å²) in [4.78, 5) is 5.71. The van der Waals surface area contributed by atoms with Crippen LogP contribution in [0.15, 0.2) is 67.0 Å². The summed E-state index contributed by atoms with van der Waals surface area (Å²) in [5, 5.41) is 0. The Morgan fingerprint density at radius 1 is 0.806 bits per heavy atom. The number of rotatable bonds is 5. The third-order valence-corrected chi connectivity index (χ3v) is 4.90. The third-order valence-electron chi connectivity index (χ3n) is 4.90. The first kappa shape index (κ1) is 22.8. The summed E-state index contributed by atoms with van der Waals surface area (Å²) in [6.07, 6.45) is -6.57. The predicted molar refractivity (Wildman–Crippen MR) is 105 cm³/mol. The van der Waals surface area contributed by atoms with Gasteiger partial charge in [0.1, 0.15) is 0 Å². The molecule has 0 aliphatic heterocycles. The fourth-order valence-electron chi connectivity index (χ4n) is 3.58. The van der Waals surface area contributed by atoms with Crippen molar-refractivity contribution in [1.29, 1.82) is 0 Å². The van der Waals surface area contributed by atoms with E-state index in [2.05, 4.69) is 4.98 Å². The average molecular weight is 438 g/mol. The van der Waals surface area contributed by atoms with Crippen LogP contribution in [0.2, 0.25) is 0 Å². The molecule has 31 heavy (non-hydrogen) atoms. The molecular formula is C23H20F6N2. The normalized spacial score (nSPS) is 13.5. The minimum atomic E-state index is -4.88. The molecule has 8 heteroatoms. The number of halogens is 6. The van der Waals surface area contributed by atoms with Gasteiger partial charge in [-0.25, -0.2) is 0 Å². The van der Waals surface area contributed by atoms with E-state index >= 15 is 0 Å². The van der Waals surface area contributed by atoms with E-state index in [0.29, 0.717) is 0 Å². The SMILES string of the molecule is Cc1cccc(C(c2ccncc2)N(C)Cc2cc(C(F)(F)F)cc(C(F)(F)F)c2)c1. The monoisotopic (exact) mass is 438 g/mol. The Labute approximate surface area is 176 Å². The maximum absolute atomic E-state index is 13.2. The van der Waals surface area contributed by atoms with Crippen molar-refractivity contribution < 1.29 is 26.3 Å². The van der Waals surface area contributed by atoms with E-state index in [-0.39, 0.29) is 24.2 Å². The van der Waals surface area contributed by atoms with Crippen molar-refractivity contribution >= 4 is 0 Å². The van der Waals surface area contributed by atoms with Crippen molar-refractivity contribution in [3.8, 4) is 0 Å². The van der Waals surface area contributed by atoms with Crippen molar-refractivity contribution in [3.05, 3.63) is 100 Å². The highest BCUT2D eigenvalue weighted by molar-refractivity contribution is 5.36. The molecule has 1 atom stereocenters. The quantitative estimate of drug-likeness (QED) is 0.415. The van der Waals surface area contributed by atoms with Crippen LogP contribution in [0.3, 0.4) is 0 Å². The van der Waals surface area contributed by atoms with Crippen molar-refractivity contribution in [1.82, 2.24) is 9.88 Å². The number of aryl methyl sites for hydroxylation is 1. The molecule has 1 unspecified atom stereocenters. The average Bonchev–Trinajstić information content (AvgIpc) is 2.67. The number of pyridine rings is 1. The molecule has 3 rings (SSSR count). The predicted octanol–water partition coefficient (Wildman–Crippen LogP) is 6.65. The number of benzene rings is 2. The van der Waals surface area contributed by atoms with E-state index in [1.54, 1.807) is 36.5 Å². The van der Waals surface area contributed by atoms with E-state index in [9.17, 15) is 26.3 Å². The molecule has 2 aromatic carbocycles. The zero-order chi connectivity index (χ0) is 22.8. The van der Waals surface area contributed by atoms with E-state index in [1.165, 1.54) is 0 Å². The number of hydrogen-bond donors (Lipinski definition) is 0. The van der Waals surface area contributed by atoms with Gasteiger partial charge in [0.2, 0.25) is 0 Å². The molecular weight excluding hydrogens is 418 g/mol. The van der Waals surface area contributed by atoms with Gasteiger partial charge in [-0.05, 0) is 61.0 Å². The lowest BCUT2D eigenvalue weighted by molar-refractivity contribution is -0.143. The van der Waals surface area contributed by atoms with Crippen LogP contribution in [0.25, 0.3) is 0 Å². The van der Waals surface area contributed by atoms with Crippen LogP contribution in [-0.2, 0) is 18.9 Å². The van der Waals surface area contributed by atoms with Crippen LogP contribution in [0.1, 0.15) is 39.4 Å². The summed E-state index contributed by atoms with van der Waals surface area (Å²) < 4.78 is 79.3. The standard InChI is InChI=1S/C23H20F6N2/c1-15-4-3-5-18(10-15)21(17-6-8-30-9-7-17)31(2)14-16-11-19(22(24,25)26)13-20(12-16)23(27,28)29/h3-13,21H,14H2,1-2H3. The summed E-state index contributed by atoms with van der Waals surface area (Å²) in [5.74, 6) is 0. The van der Waals surface area contributed by atoms with Gasteiger partial charge >= 0.3 is 12.4 Å². The first-order chi connectivity index (χ1) is 14.4. The third kappa shape index (κ3) is 5.64. The molecule has 2 nitrogen and oxygen atoms in total. The van der Waals surface area contributed by atoms with Crippen LogP contribution in [0.4, 0.5) is 26.3 Å². The summed E-state index contributed by atoms with van der Waals surface area (Å²) in [7, 11) is 1.67. The molecule has 0 saturated carbocycles. The lowest BCUT2D eigenvalue weighted by Gasteiger charge is -2.30. The lowest BCUT2D eigenvalue weighted by Crippen LogP contribution is -2.26. The van der Waals surface area contributed by atoms with E-state index in [4.69, 9.17) is 0 Å². The first-order valence-electron chi connectivity index (χ1n) is 9.40. The smallest absolute Gasteiger partial charge is 0.291 e. The highest BCUT2D eigenvalue weighted by Gasteiger charge is 2.37. The zero-order valence-corrected chi connectivity index (χ0v) is 16.8. The molecule has 0 aliphatic carbocycles. The van der Waals surface area contributed by atoms with Gasteiger partial charge in [0.25, 0.3) is 0 Å². The Kier molecular flexibility index (Phi) is 6.40. The number of alkyl halides is 6. The van der Waals surface area contributed by atoms with Crippen LogP contribution >= 0.6 is 0 Å². The highest BCUT2D eigenvalue weighted by Crippen LogP contribution is 2.37. The lowest BCUT2D eigenvalue weighted by atomic mass is 9.96. The molecule has 0 bridgehead atoms. The van der Waals surface area contributed by atoms with E-state index in [1.807, 2.05) is 31.2 Å². The molecule has 1 aromatic heterocycles. The molecule has 0 N–H and O–H groups in total. The Morgan fingerprint density at radius 2 is 1.39 bits per heavy atom. The largest absolute Gasteiger partial charge is 0.416 e. The number of aromatic nitrogens is 1. The first-order valence-corrected chi connectivity index (χ1v) is 9.40. The number of nitrogens with zero attached hydrogens (tertiary/aromatic N) is 2. The molecule has 0 saturated heterocycles. The van der Waals surface area contributed by atoms with Crippen LogP contribution in [0.5, 0.6) is 0 Å². The molecule has 3 aromatic rings. The van der Waals surface area contributed by atoms with Crippen molar-refractivity contribution in [2.24, 2.45) is 0 Å². The van der Waals surface area contributed by atoms with Crippen LogP contribution in [0, 0.1) is 6.92 Å². The summed E-state index contributed by atoms with van der Waals surface area (Å²) in [6.45, 7) is 1.80. The molecule has 0 aliphatic rings. The fraction of sp³-hybridized carbons (Fsp3) is 0.261. The summed E-state index contributed by atoms with van der Waals surface area (Å²) in [5.41, 5.74) is -0.0222. The zero-order valence-electron chi connectivity index (χ0n) is 16.8. The van der Waals surface area contributed by atoms with Gasteiger partial charge in [-0.1, -0.05) is 29.8 Å². The van der Waals surface area contributed by atoms with Gasteiger partial charge in [0, 0.05) is 18.9 Å². The van der Waals surface area contributed by atoms with Crippen molar-refractivity contribution in [2.75, 3.05) is 7.05 Å². The maximum Gasteiger partial charge on any atom is 0.416 e. The molecule has 0 spiro atoms. The van der Waals surface area contributed by atoms with Gasteiger partial charge in [-0.15, -0.1) is 0 Å². The second kappa shape index (κ2) is 8.70. The Balaban J connectivity index is 2.03.